The number of hydrazone groups is 1. The molecule has 92 valence electrons. The smallest absolute Gasteiger partial charge is 0.189 e. The second-order valence-electron chi connectivity index (χ2n) is 3.95. The Morgan fingerprint density at radius 1 is 1.22 bits per heavy atom. The van der Waals surface area contributed by atoms with Crippen LogP contribution in [-0.2, 0) is 9.59 Å². The molecule has 0 N–H and O–H groups in total. The summed E-state index contributed by atoms with van der Waals surface area (Å²) in [6.07, 6.45) is 5.29. The van der Waals surface area contributed by atoms with Crippen LogP contribution in [0, 0.1) is 0 Å². The van der Waals surface area contributed by atoms with Crippen molar-refractivity contribution >= 4 is 23.4 Å². The Morgan fingerprint density at radius 2 is 2.00 bits per heavy atom. The Morgan fingerprint density at radius 3 is 2.72 bits per heavy atom. The average molecular weight is 244 g/mol. The van der Waals surface area contributed by atoms with Crippen LogP contribution in [0.2, 0.25) is 0 Å². The normalized spacial score (nSPS) is 15.3. The van der Waals surface area contributed by atoms with E-state index in [-0.39, 0.29) is 17.1 Å². The predicted molar refractivity (Wildman–Crippen MR) is 67.1 cm³/mol. The van der Waals surface area contributed by atoms with Crippen molar-refractivity contribution in [3.63, 3.8) is 0 Å². The van der Waals surface area contributed by atoms with Crippen molar-refractivity contribution in [1.82, 2.24) is 5.01 Å². The van der Waals surface area contributed by atoms with Gasteiger partial charge in [-0.3, -0.25) is 9.59 Å². The van der Waals surface area contributed by atoms with Gasteiger partial charge in [0.05, 0.1) is 11.8 Å². The number of nitrogens with zero attached hydrogens (tertiary/aromatic N) is 2. The van der Waals surface area contributed by atoms with Crippen LogP contribution in [0.1, 0.15) is 11.5 Å². The van der Waals surface area contributed by atoms with E-state index >= 15 is 0 Å². The monoisotopic (exact) mass is 244 g/mol. The molecule has 5 heteroatoms. The third-order valence-corrected chi connectivity index (χ3v) is 2.26. The first kappa shape index (κ1) is 12.0. The molecule has 1 aromatic rings. The highest BCUT2D eigenvalue weighted by Gasteiger charge is 2.18. The quantitative estimate of drug-likeness (QED) is 0.456. The lowest BCUT2D eigenvalue weighted by Gasteiger charge is -2.03. The number of carbonyl (C=O) groups is 2. The molecule has 0 saturated heterocycles. The number of allylic oxidation sites excluding steroid dienone is 4. The number of rotatable bonds is 3. The Kier molecular flexibility index (Phi) is 3.23. The summed E-state index contributed by atoms with van der Waals surface area (Å²) in [7, 11) is 3.58. The molecule has 0 radical (unpaired) electrons. The second-order valence-corrected chi connectivity index (χ2v) is 3.95. The van der Waals surface area contributed by atoms with Crippen molar-refractivity contribution in [2.75, 3.05) is 14.1 Å². The van der Waals surface area contributed by atoms with Gasteiger partial charge >= 0.3 is 0 Å². The lowest BCUT2D eigenvalue weighted by molar-refractivity contribution is -0.113. The van der Waals surface area contributed by atoms with E-state index in [4.69, 9.17) is 4.42 Å². The van der Waals surface area contributed by atoms with Gasteiger partial charge in [0.1, 0.15) is 11.5 Å². The Balaban J connectivity index is 2.25. The summed E-state index contributed by atoms with van der Waals surface area (Å²) in [5, 5.41) is 5.64. The molecule has 0 unspecified atom stereocenters. The first-order valence-electron chi connectivity index (χ1n) is 5.36. The minimum atomic E-state index is -0.236. The van der Waals surface area contributed by atoms with Gasteiger partial charge in [-0.25, -0.2) is 0 Å². The highest BCUT2D eigenvalue weighted by atomic mass is 16.3. The Labute approximate surface area is 104 Å². The molecule has 0 fully saturated rings. The van der Waals surface area contributed by atoms with Gasteiger partial charge in [0, 0.05) is 20.2 Å². The number of hydrogen-bond acceptors (Lipinski definition) is 5. The van der Waals surface area contributed by atoms with Crippen LogP contribution >= 0.6 is 0 Å². The van der Waals surface area contributed by atoms with Crippen molar-refractivity contribution in [3.05, 3.63) is 41.9 Å². The van der Waals surface area contributed by atoms with E-state index in [1.165, 1.54) is 24.4 Å². The van der Waals surface area contributed by atoms with Gasteiger partial charge in [-0.1, -0.05) is 0 Å². The SMILES string of the molecule is CN(C)/N=C/c1ccc(C2=CC(=O)C=CC2=O)o1. The van der Waals surface area contributed by atoms with Crippen LogP contribution in [-0.4, -0.2) is 36.9 Å². The third kappa shape index (κ3) is 2.63. The topological polar surface area (TPSA) is 62.9 Å². The van der Waals surface area contributed by atoms with Gasteiger partial charge in [-0.15, -0.1) is 0 Å². The molecule has 0 aromatic carbocycles. The first-order chi connectivity index (χ1) is 8.56. The lowest BCUT2D eigenvalue weighted by atomic mass is 10.0. The van der Waals surface area contributed by atoms with Crippen molar-refractivity contribution in [1.29, 1.82) is 0 Å². The van der Waals surface area contributed by atoms with E-state index in [2.05, 4.69) is 5.10 Å². The Hall–Kier alpha value is -2.43. The van der Waals surface area contributed by atoms with E-state index in [0.717, 1.165) is 0 Å². The summed E-state index contributed by atoms with van der Waals surface area (Å²) in [4.78, 5) is 22.8. The largest absolute Gasteiger partial charge is 0.455 e. The van der Waals surface area contributed by atoms with Crippen molar-refractivity contribution in [2.24, 2.45) is 5.10 Å². The molecular weight excluding hydrogens is 232 g/mol. The van der Waals surface area contributed by atoms with E-state index < -0.39 is 0 Å². The molecule has 1 aliphatic rings. The fourth-order valence-corrected chi connectivity index (χ4v) is 1.44. The van der Waals surface area contributed by atoms with Crippen LogP contribution in [0.15, 0.2) is 39.9 Å². The molecule has 1 heterocycles. The fraction of sp³-hybridized carbons (Fsp3) is 0.154. The van der Waals surface area contributed by atoms with Crippen LogP contribution in [0.3, 0.4) is 0 Å². The summed E-state index contributed by atoms with van der Waals surface area (Å²) in [6, 6.07) is 3.34. The molecule has 0 amide bonds. The lowest BCUT2D eigenvalue weighted by Crippen LogP contribution is -2.05. The number of carbonyl (C=O) groups excluding carboxylic acids is 2. The number of ketones is 2. The molecule has 0 aliphatic heterocycles. The summed E-state index contributed by atoms with van der Waals surface area (Å²) in [5.74, 6) is 0.442. The van der Waals surface area contributed by atoms with Gasteiger partial charge in [0.25, 0.3) is 0 Å². The molecule has 0 bridgehead atoms. The van der Waals surface area contributed by atoms with Crippen LogP contribution in [0.25, 0.3) is 5.57 Å². The molecule has 1 aliphatic carbocycles. The zero-order valence-electron chi connectivity index (χ0n) is 10.1. The molecule has 1 aromatic heterocycles. The molecule has 0 spiro atoms. The summed E-state index contributed by atoms with van der Waals surface area (Å²) in [5.41, 5.74) is 0.270. The molecule has 2 rings (SSSR count). The van der Waals surface area contributed by atoms with Gasteiger partial charge in [0.2, 0.25) is 0 Å². The molecular formula is C13H12N2O3. The summed E-state index contributed by atoms with van der Waals surface area (Å²) < 4.78 is 5.44. The third-order valence-electron chi connectivity index (χ3n) is 2.26. The minimum absolute atomic E-state index is 0.218. The maximum absolute atomic E-state index is 11.6. The van der Waals surface area contributed by atoms with Crippen LogP contribution < -0.4 is 0 Å². The number of furan rings is 1. The molecule has 18 heavy (non-hydrogen) atoms. The van der Waals surface area contributed by atoms with Crippen molar-refractivity contribution < 1.29 is 14.0 Å². The van der Waals surface area contributed by atoms with Gasteiger partial charge < -0.3 is 9.43 Å². The maximum Gasteiger partial charge on any atom is 0.189 e. The zero-order valence-corrected chi connectivity index (χ0v) is 10.1. The number of hydrogen-bond donors (Lipinski definition) is 0. The fourth-order valence-electron chi connectivity index (χ4n) is 1.44. The highest BCUT2D eigenvalue weighted by Crippen LogP contribution is 2.21. The molecule has 0 atom stereocenters. The van der Waals surface area contributed by atoms with Crippen molar-refractivity contribution in [3.8, 4) is 0 Å². The van der Waals surface area contributed by atoms with Gasteiger partial charge in [-0.05, 0) is 24.3 Å². The Bertz CT molecular complexity index is 577. The van der Waals surface area contributed by atoms with Gasteiger partial charge in [-0.2, -0.15) is 5.10 Å². The maximum atomic E-state index is 11.6. The van der Waals surface area contributed by atoms with E-state index in [1.54, 1.807) is 31.2 Å². The van der Waals surface area contributed by atoms with E-state index in [1.807, 2.05) is 0 Å². The standard InChI is InChI=1S/C13H12N2O3/c1-15(2)14-8-10-4-6-13(18-10)11-7-9(16)3-5-12(11)17/h3-8H,1-2H3/b14-8+. The van der Waals surface area contributed by atoms with Gasteiger partial charge in [0.15, 0.2) is 11.6 Å². The zero-order chi connectivity index (χ0) is 13.1. The first-order valence-corrected chi connectivity index (χ1v) is 5.36. The van der Waals surface area contributed by atoms with E-state index in [9.17, 15) is 9.59 Å². The molecule has 5 nitrogen and oxygen atoms in total. The van der Waals surface area contributed by atoms with Crippen LogP contribution in [0.4, 0.5) is 0 Å². The summed E-state index contributed by atoms with van der Waals surface area (Å²) in [6.45, 7) is 0. The highest BCUT2D eigenvalue weighted by molar-refractivity contribution is 6.33. The average Bonchev–Trinajstić information content (AvgIpc) is 2.78. The summed E-state index contributed by atoms with van der Waals surface area (Å²) >= 11 is 0. The second kappa shape index (κ2) is 4.83. The van der Waals surface area contributed by atoms with E-state index in [0.29, 0.717) is 11.5 Å². The predicted octanol–water partition coefficient (Wildman–Crippen LogP) is 1.27. The molecule has 0 saturated carbocycles. The van der Waals surface area contributed by atoms with Crippen LogP contribution in [0.5, 0.6) is 0 Å². The van der Waals surface area contributed by atoms with Crippen molar-refractivity contribution in [2.45, 2.75) is 0 Å². The minimum Gasteiger partial charge on any atom is -0.455 e.